The van der Waals surface area contributed by atoms with Gasteiger partial charge in [-0.1, -0.05) is 24.3 Å². The van der Waals surface area contributed by atoms with E-state index < -0.39 is 0 Å². The average Bonchev–Trinajstić information content (AvgIpc) is 3.10. The second kappa shape index (κ2) is 8.14. The molecule has 1 aromatic heterocycles. The standard InChI is InChI=1S/C23H20FN3O2/c1-29-19-12-6-16(7-13-19)15-27-21-5-3-2-4-20(21)26-22(27)14-25-23(28)17-8-10-18(24)11-9-17/h2-13H,14-15H2,1H3,(H,25,28). The molecule has 1 heterocycles. The van der Waals surface area contributed by atoms with E-state index in [2.05, 4.69) is 14.9 Å². The van der Waals surface area contributed by atoms with Crippen molar-refractivity contribution in [2.75, 3.05) is 7.11 Å². The van der Waals surface area contributed by atoms with Gasteiger partial charge < -0.3 is 14.6 Å². The van der Waals surface area contributed by atoms with Gasteiger partial charge in [-0.15, -0.1) is 0 Å². The molecular weight excluding hydrogens is 369 g/mol. The van der Waals surface area contributed by atoms with E-state index in [-0.39, 0.29) is 18.3 Å². The molecule has 29 heavy (non-hydrogen) atoms. The van der Waals surface area contributed by atoms with Crippen molar-refractivity contribution in [3.05, 3.63) is 95.6 Å². The van der Waals surface area contributed by atoms with Crippen molar-refractivity contribution in [3.8, 4) is 5.75 Å². The van der Waals surface area contributed by atoms with Gasteiger partial charge in [-0.2, -0.15) is 0 Å². The van der Waals surface area contributed by atoms with Crippen LogP contribution in [0, 0.1) is 5.82 Å². The van der Waals surface area contributed by atoms with Crippen LogP contribution < -0.4 is 10.1 Å². The fourth-order valence-electron chi connectivity index (χ4n) is 3.21. The van der Waals surface area contributed by atoms with E-state index in [0.717, 1.165) is 28.2 Å². The summed E-state index contributed by atoms with van der Waals surface area (Å²) >= 11 is 0. The van der Waals surface area contributed by atoms with Gasteiger partial charge in [0.15, 0.2) is 0 Å². The smallest absolute Gasteiger partial charge is 0.251 e. The largest absolute Gasteiger partial charge is 0.497 e. The quantitative estimate of drug-likeness (QED) is 0.539. The third kappa shape index (κ3) is 4.11. The van der Waals surface area contributed by atoms with Gasteiger partial charge >= 0.3 is 0 Å². The van der Waals surface area contributed by atoms with Crippen LogP contribution in [0.3, 0.4) is 0 Å². The highest BCUT2D eigenvalue weighted by Gasteiger charge is 2.13. The number of rotatable bonds is 6. The molecule has 5 nitrogen and oxygen atoms in total. The van der Waals surface area contributed by atoms with Crippen LogP contribution in [0.25, 0.3) is 11.0 Å². The molecule has 0 spiro atoms. The molecule has 0 fully saturated rings. The molecule has 0 saturated carbocycles. The summed E-state index contributed by atoms with van der Waals surface area (Å²) in [4.78, 5) is 17.1. The lowest BCUT2D eigenvalue weighted by molar-refractivity contribution is 0.0949. The number of ether oxygens (including phenoxy) is 1. The summed E-state index contributed by atoms with van der Waals surface area (Å²) in [7, 11) is 1.64. The van der Waals surface area contributed by atoms with Crippen LogP contribution in [-0.4, -0.2) is 22.6 Å². The highest BCUT2D eigenvalue weighted by Crippen LogP contribution is 2.19. The first-order valence-electron chi connectivity index (χ1n) is 9.25. The summed E-state index contributed by atoms with van der Waals surface area (Å²) in [6.07, 6.45) is 0. The lowest BCUT2D eigenvalue weighted by atomic mass is 10.2. The lowest BCUT2D eigenvalue weighted by Crippen LogP contribution is -2.24. The molecule has 6 heteroatoms. The Morgan fingerprint density at radius 1 is 1.03 bits per heavy atom. The van der Waals surface area contributed by atoms with E-state index >= 15 is 0 Å². The number of carbonyl (C=O) groups is 1. The molecule has 4 rings (SSSR count). The number of benzene rings is 3. The van der Waals surface area contributed by atoms with Gasteiger partial charge in [-0.05, 0) is 54.1 Å². The summed E-state index contributed by atoms with van der Waals surface area (Å²) < 4.78 is 20.4. The molecular formula is C23H20FN3O2. The first-order chi connectivity index (χ1) is 14.1. The molecule has 0 aliphatic carbocycles. The molecule has 1 N–H and O–H groups in total. The Labute approximate surface area is 167 Å². The number of aromatic nitrogens is 2. The minimum atomic E-state index is -0.372. The first kappa shape index (κ1) is 18.7. The lowest BCUT2D eigenvalue weighted by Gasteiger charge is -2.11. The number of carbonyl (C=O) groups excluding carboxylic acids is 1. The van der Waals surface area contributed by atoms with Crippen molar-refractivity contribution in [1.29, 1.82) is 0 Å². The van der Waals surface area contributed by atoms with Crippen molar-refractivity contribution in [2.45, 2.75) is 13.1 Å². The van der Waals surface area contributed by atoms with Crippen molar-refractivity contribution >= 4 is 16.9 Å². The second-order valence-electron chi connectivity index (χ2n) is 6.64. The van der Waals surface area contributed by atoms with Crippen molar-refractivity contribution in [2.24, 2.45) is 0 Å². The highest BCUT2D eigenvalue weighted by molar-refractivity contribution is 5.94. The number of para-hydroxylation sites is 2. The predicted molar refractivity (Wildman–Crippen MR) is 109 cm³/mol. The van der Waals surface area contributed by atoms with Crippen LogP contribution in [-0.2, 0) is 13.1 Å². The van der Waals surface area contributed by atoms with Gasteiger partial charge in [-0.25, -0.2) is 9.37 Å². The maximum Gasteiger partial charge on any atom is 0.251 e. The Kier molecular flexibility index (Phi) is 5.24. The predicted octanol–water partition coefficient (Wildman–Crippen LogP) is 4.16. The summed E-state index contributed by atoms with van der Waals surface area (Å²) in [5.41, 5.74) is 3.37. The van der Waals surface area contributed by atoms with E-state index in [1.165, 1.54) is 24.3 Å². The number of imidazole rings is 1. The van der Waals surface area contributed by atoms with E-state index in [1.54, 1.807) is 7.11 Å². The minimum absolute atomic E-state index is 0.265. The monoisotopic (exact) mass is 389 g/mol. The van der Waals surface area contributed by atoms with Crippen LogP contribution in [0.1, 0.15) is 21.7 Å². The third-order valence-electron chi connectivity index (χ3n) is 4.75. The second-order valence-corrected chi connectivity index (χ2v) is 6.64. The molecule has 4 aromatic rings. The van der Waals surface area contributed by atoms with Gasteiger partial charge in [0, 0.05) is 12.1 Å². The number of hydrogen-bond acceptors (Lipinski definition) is 3. The number of fused-ring (bicyclic) bond motifs is 1. The molecule has 0 saturated heterocycles. The van der Waals surface area contributed by atoms with Gasteiger partial charge in [-0.3, -0.25) is 4.79 Å². The Morgan fingerprint density at radius 3 is 2.48 bits per heavy atom. The number of nitrogens with zero attached hydrogens (tertiary/aromatic N) is 2. The van der Waals surface area contributed by atoms with Gasteiger partial charge in [0.25, 0.3) is 5.91 Å². The highest BCUT2D eigenvalue weighted by atomic mass is 19.1. The number of methoxy groups -OCH3 is 1. The van der Waals surface area contributed by atoms with Crippen LogP contribution in [0.4, 0.5) is 4.39 Å². The summed E-state index contributed by atoms with van der Waals surface area (Å²) in [6, 6.07) is 21.2. The maximum atomic E-state index is 13.1. The van der Waals surface area contributed by atoms with Crippen LogP contribution in [0.15, 0.2) is 72.8 Å². The summed E-state index contributed by atoms with van der Waals surface area (Å²) in [5, 5.41) is 2.88. The number of hydrogen-bond donors (Lipinski definition) is 1. The number of nitrogens with one attached hydrogen (secondary N) is 1. The Hall–Kier alpha value is -3.67. The van der Waals surface area contributed by atoms with Crippen LogP contribution in [0.5, 0.6) is 5.75 Å². The number of halogens is 1. The van der Waals surface area contributed by atoms with Gasteiger partial charge in [0.2, 0.25) is 0 Å². The van der Waals surface area contributed by atoms with Crippen molar-refractivity contribution < 1.29 is 13.9 Å². The maximum absolute atomic E-state index is 13.1. The van der Waals surface area contributed by atoms with Crippen LogP contribution >= 0.6 is 0 Å². The van der Waals surface area contributed by atoms with E-state index in [1.807, 2.05) is 48.5 Å². The van der Waals surface area contributed by atoms with E-state index in [9.17, 15) is 9.18 Å². The van der Waals surface area contributed by atoms with Crippen molar-refractivity contribution in [3.63, 3.8) is 0 Å². The summed E-state index contributed by atoms with van der Waals surface area (Å²) in [6.45, 7) is 0.882. The van der Waals surface area contributed by atoms with Gasteiger partial charge in [0.05, 0.1) is 24.7 Å². The molecule has 0 atom stereocenters. The molecule has 0 aliphatic rings. The Balaban J connectivity index is 1.58. The summed E-state index contributed by atoms with van der Waals surface area (Å²) in [5.74, 6) is 0.907. The molecule has 146 valence electrons. The Morgan fingerprint density at radius 2 is 1.76 bits per heavy atom. The fraction of sp³-hybridized carbons (Fsp3) is 0.130. The molecule has 0 unspecified atom stereocenters. The fourth-order valence-corrected chi connectivity index (χ4v) is 3.21. The molecule has 0 radical (unpaired) electrons. The third-order valence-corrected chi connectivity index (χ3v) is 4.75. The average molecular weight is 389 g/mol. The van der Waals surface area contributed by atoms with Gasteiger partial charge in [0.1, 0.15) is 17.4 Å². The van der Waals surface area contributed by atoms with E-state index in [0.29, 0.717) is 12.1 Å². The van der Waals surface area contributed by atoms with Crippen molar-refractivity contribution in [1.82, 2.24) is 14.9 Å². The van der Waals surface area contributed by atoms with Crippen LogP contribution in [0.2, 0.25) is 0 Å². The van der Waals surface area contributed by atoms with E-state index in [4.69, 9.17) is 4.74 Å². The zero-order valence-corrected chi connectivity index (χ0v) is 15.9. The zero-order valence-electron chi connectivity index (χ0n) is 15.9. The molecule has 3 aromatic carbocycles. The normalized spacial score (nSPS) is 10.8. The topological polar surface area (TPSA) is 56.1 Å². The first-order valence-corrected chi connectivity index (χ1v) is 9.25. The molecule has 0 bridgehead atoms. The molecule has 0 aliphatic heterocycles. The number of amides is 1. The zero-order chi connectivity index (χ0) is 20.2. The Bertz CT molecular complexity index is 1140. The minimum Gasteiger partial charge on any atom is -0.497 e. The molecule has 1 amide bonds. The SMILES string of the molecule is COc1ccc(Cn2c(CNC(=O)c3ccc(F)cc3)nc3ccccc32)cc1.